The van der Waals surface area contributed by atoms with Crippen molar-refractivity contribution in [1.82, 2.24) is 4.98 Å². The molecular formula is C14H12ClN3O2. The van der Waals surface area contributed by atoms with E-state index in [9.17, 15) is 0 Å². The first-order valence-corrected chi connectivity index (χ1v) is 6.11. The fourth-order valence-electron chi connectivity index (χ4n) is 1.68. The number of nitrogens with one attached hydrogen (secondary N) is 1. The zero-order chi connectivity index (χ0) is 14.5. The van der Waals surface area contributed by atoms with Crippen molar-refractivity contribution >= 4 is 23.1 Å². The van der Waals surface area contributed by atoms with E-state index in [1.54, 1.807) is 30.5 Å². The van der Waals surface area contributed by atoms with Gasteiger partial charge in [0.05, 0.1) is 30.5 Å². The summed E-state index contributed by atoms with van der Waals surface area (Å²) in [6.45, 7) is 0. The Morgan fingerprint density at radius 1 is 1.25 bits per heavy atom. The number of hydrogen-bond acceptors (Lipinski definition) is 5. The smallest absolute Gasteiger partial charge is 0.148 e. The molecule has 0 radical (unpaired) electrons. The van der Waals surface area contributed by atoms with Gasteiger partial charge in [-0.25, -0.2) is 4.98 Å². The molecule has 1 aromatic heterocycles. The van der Waals surface area contributed by atoms with Crippen LogP contribution in [-0.4, -0.2) is 19.2 Å². The number of anilines is 2. The van der Waals surface area contributed by atoms with Gasteiger partial charge in [0.1, 0.15) is 23.4 Å². The summed E-state index contributed by atoms with van der Waals surface area (Å²) < 4.78 is 10.4. The molecule has 0 fully saturated rings. The molecule has 2 rings (SSSR count). The molecule has 0 saturated carbocycles. The zero-order valence-electron chi connectivity index (χ0n) is 11.0. The Morgan fingerprint density at radius 2 is 2.00 bits per heavy atom. The van der Waals surface area contributed by atoms with Gasteiger partial charge in [-0.2, -0.15) is 5.26 Å². The summed E-state index contributed by atoms with van der Waals surface area (Å²) in [7, 11) is 3.07. The van der Waals surface area contributed by atoms with Crippen molar-refractivity contribution in [3.05, 3.63) is 41.0 Å². The van der Waals surface area contributed by atoms with Crippen LogP contribution in [0.2, 0.25) is 5.02 Å². The molecule has 1 heterocycles. The Bertz CT molecular complexity index is 668. The highest BCUT2D eigenvalue weighted by molar-refractivity contribution is 6.32. The summed E-state index contributed by atoms with van der Waals surface area (Å²) in [4.78, 5) is 4.13. The summed E-state index contributed by atoms with van der Waals surface area (Å²) in [5.41, 5.74) is 1.04. The van der Waals surface area contributed by atoms with E-state index in [0.29, 0.717) is 33.6 Å². The monoisotopic (exact) mass is 289 g/mol. The molecule has 5 nitrogen and oxygen atoms in total. The van der Waals surface area contributed by atoms with Gasteiger partial charge in [-0.05, 0) is 18.2 Å². The van der Waals surface area contributed by atoms with Crippen LogP contribution < -0.4 is 14.8 Å². The largest absolute Gasteiger partial charge is 0.495 e. The van der Waals surface area contributed by atoms with Crippen LogP contribution in [0.4, 0.5) is 11.5 Å². The van der Waals surface area contributed by atoms with Gasteiger partial charge in [0.15, 0.2) is 0 Å². The molecule has 1 aromatic carbocycles. The van der Waals surface area contributed by atoms with Crippen molar-refractivity contribution in [3.63, 3.8) is 0 Å². The van der Waals surface area contributed by atoms with Crippen LogP contribution in [0.15, 0.2) is 30.5 Å². The van der Waals surface area contributed by atoms with Gasteiger partial charge in [0.2, 0.25) is 0 Å². The molecule has 0 aliphatic heterocycles. The average molecular weight is 290 g/mol. The van der Waals surface area contributed by atoms with Crippen molar-refractivity contribution in [2.45, 2.75) is 0 Å². The number of nitrogens with zero attached hydrogens (tertiary/aromatic N) is 2. The second kappa shape index (κ2) is 6.13. The van der Waals surface area contributed by atoms with Crippen LogP contribution in [0.5, 0.6) is 11.5 Å². The van der Waals surface area contributed by atoms with Crippen molar-refractivity contribution in [1.29, 1.82) is 5.26 Å². The number of methoxy groups -OCH3 is 2. The van der Waals surface area contributed by atoms with E-state index in [4.69, 9.17) is 26.3 Å². The molecule has 0 unspecified atom stereocenters. The van der Waals surface area contributed by atoms with Crippen molar-refractivity contribution in [2.24, 2.45) is 0 Å². The highest BCUT2D eigenvalue weighted by Gasteiger charge is 2.12. The standard InChI is InChI=1S/C14H12ClN3O2/c1-19-12-7-13(20-2)11(6-10(12)15)18-14-9(8-16)4-3-5-17-14/h3-7H,1-2H3,(H,17,18). The predicted octanol–water partition coefficient (Wildman–Crippen LogP) is 3.37. The molecule has 0 spiro atoms. The first kappa shape index (κ1) is 14.0. The van der Waals surface area contributed by atoms with Crippen LogP contribution in [0.3, 0.4) is 0 Å². The highest BCUT2D eigenvalue weighted by Crippen LogP contribution is 2.37. The molecular weight excluding hydrogens is 278 g/mol. The number of halogens is 1. The van der Waals surface area contributed by atoms with Crippen LogP contribution in [0.25, 0.3) is 0 Å². The maximum absolute atomic E-state index is 9.05. The van der Waals surface area contributed by atoms with E-state index in [0.717, 1.165) is 0 Å². The maximum atomic E-state index is 9.05. The molecule has 102 valence electrons. The van der Waals surface area contributed by atoms with Crippen molar-refractivity contribution in [2.75, 3.05) is 19.5 Å². The van der Waals surface area contributed by atoms with Gasteiger partial charge >= 0.3 is 0 Å². The van der Waals surface area contributed by atoms with Crippen LogP contribution >= 0.6 is 11.6 Å². The fourth-order valence-corrected chi connectivity index (χ4v) is 1.92. The van der Waals surface area contributed by atoms with Crippen LogP contribution in [-0.2, 0) is 0 Å². The van der Waals surface area contributed by atoms with E-state index >= 15 is 0 Å². The van der Waals surface area contributed by atoms with E-state index in [2.05, 4.69) is 16.4 Å². The van der Waals surface area contributed by atoms with Gasteiger partial charge < -0.3 is 14.8 Å². The topological polar surface area (TPSA) is 67.2 Å². The summed E-state index contributed by atoms with van der Waals surface area (Å²) in [6, 6.07) is 8.77. The number of aromatic nitrogens is 1. The lowest BCUT2D eigenvalue weighted by Crippen LogP contribution is -1.99. The van der Waals surface area contributed by atoms with E-state index in [1.807, 2.05) is 0 Å². The Balaban J connectivity index is 2.43. The minimum atomic E-state index is 0.432. The molecule has 6 heteroatoms. The predicted molar refractivity (Wildman–Crippen MR) is 76.8 cm³/mol. The molecule has 0 amide bonds. The van der Waals surface area contributed by atoms with Gasteiger partial charge in [0.25, 0.3) is 0 Å². The summed E-state index contributed by atoms with van der Waals surface area (Å²) in [5, 5.41) is 12.5. The lowest BCUT2D eigenvalue weighted by molar-refractivity contribution is 0.396. The van der Waals surface area contributed by atoms with E-state index in [-0.39, 0.29) is 0 Å². The van der Waals surface area contributed by atoms with Gasteiger partial charge in [-0.15, -0.1) is 0 Å². The molecule has 0 aliphatic carbocycles. The number of benzene rings is 1. The highest BCUT2D eigenvalue weighted by atomic mass is 35.5. The van der Waals surface area contributed by atoms with Crippen molar-refractivity contribution in [3.8, 4) is 17.6 Å². The molecule has 0 aliphatic rings. The number of pyridine rings is 1. The Labute approximate surface area is 121 Å². The lowest BCUT2D eigenvalue weighted by atomic mass is 10.2. The quantitative estimate of drug-likeness (QED) is 0.934. The third kappa shape index (κ3) is 2.76. The molecule has 0 atom stereocenters. The molecule has 2 aromatic rings. The lowest BCUT2D eigenvalue weighted by Gasteiger charge is -2.13. The van der Waals surface area contributed by atoms with Gasteiger partial charge in [-0.3, -0.25) is 0 Å². The summed E-state index contributed by atoms with van der Waals surface area (Å²) in [6.07, 6.45) is 1.60. The first-order chi connectivity index (χ1) is 9.69. The second-order valence-corrected chi connectivity index (χ2v) is 4.23. The van der Waals surface area contributed by atoms with E-state index in [1.165, 1.54) is 14.2 Å². The summed E-state index contributed by atoms with van der Waals surface area (Å²) in [5.74, 6) is 1.49. The Morgan fingerprint density at radius 3 is 2.65 bits per heavy atom. The normalized spacial score (nSPS) is 9.70. The number of ether oxygens (including phenoxy) is 2. The maximum Gasteiger partial charge on any atom is 0.148 e. The van der Waals surface area contributed by atoms with Crippen LogP contribution in [0, 0.1) is 11.3 Å². The van der Waals surface area contributed by atoms with Gasteiger partial charge in [-0.1, -0.05) is 11.6 Å². The number of hydrogen-bond donors (Lipinski definition) is 1. The minimum Gasteiger partial charge on any atom is -0.495 e. The molecule has 1 N–H and O–H groups in total. The molecule has 0 saturated heterocycles. The minimum absolute atomic E-state index is 0.432. The summed E-state index contributed by atoms with van der Waals surface area (Å²) >= 11 is 6.09. The third-order valence-electron chi connectivity index (χ3n) is 2.66. The fraction of sp³-hybridized carbons (Fsp3) is 0.143. The van der Waals surface area contributed by atoms with E-state index < -0.39 is 0 Å². The van der Waals surface area contributed by atoms with Gasteiger partial charge in [0, 0.05) is 12.3 Å². The van der Waals surface area contributed by atoms with Crippen molar-refractivity contribution < 1.29 is 9.47 Å². The molecule has 0 bridgehead atoms. The SMILES string of the molecule is COc1cc(OC)c(Nc2ncccc2C#N)cc1Cl. The first-order valence-electron chi connectivity index (χ1n) is 5.73. The second-order valence-electron chi connectivity index (χ2n) is 3.82. The Hall–Kier alpha value is -2.45. The zero-order valence-corrected chi connectivity index (χ0v) is 11.7. The Kier molecular flexibility index (Phi) is 4.28. The number of rotatable bonds is 4. The van der Waals surface area contributed by atoms with Crippen LogP contribution in [0.1, 0.15) is 5.56 Å². The number of nitriles is 1. The molecule has 20 heavy (non-hydrogen) atoms. The average Bonchev–Trinajstić information content (AvgIpc) is 2.48. The third-order valence-corrected chi connectivity index (χ3v) is 2.95.